The number of aliphatic hydroxyl groups is 1. The summed E-state index contributed by atoms with van der Waals surface area (Å²) in [5, 5.41) is 11.7. The van der Waals surface area contributed by atoms with Crippen LogP contribution < -0.4 is 11.1 Å². The molecule has 0 aliphatic carbocycles. The zero-order valence-electron chi connectivity index (χ0n) is 10.5. The smallest absolute Gasteiger partial charge is 0.316 e. The lowest BCUT2D eigenvalue weighted by molar-refractivity contribution is 0.0677. The van der Waals surface area contributed by atoms with E-state index in [4.69, 9.17) is 5.73 Å². The Bertz CT molecular complexity index is 473. The lowest BCUT2D eigenvalue weighted by Gasteiger charge is -2.23. The third kappa shape index (κ3) is 3.03. The number of carbonyl (C=O) groups is 2. The van der Waals surface area contributed by atoms with Gasteiger partial charge in [-0.05, 0) is 37.1 Å². The molecule has 1 fully saturated rings. The zero-order valence-corrected chi connectivity index (χ0v) is 10.5. The molecular formula is C13H17N3O3. The van der Waals surface area contributed by atoms with Gasteiger partial charge in [0.25, 0.3) is 5.91 Å². The third-order valence-corrected chi connectivity index (χ3v) is 3.25. The topological polar surface area (TPSA) is 95.7 Å². The Morgan fingerprint density at radius 3 is 2.63 bits per heavy atom. The van der Waals surface area contributed by atoms with Crippen molar-refractivity contribution < 1.29 is 14.7 Å². The molecule has 6 nitrogen and oxygen atoms in total. The van der Waals surface area contributed by atoms with E-state index < -0.39 is 6.03 Å². The molecule has 19 heavy (non-hydrogen) atoms. The van der Waals surface area contributed by atoms with Crippen molar-refractivity contribution in [3.63, 3.8) is 0 Å². The molecule has 1 aromatic rings. The molecule has 0 aromatic heterocycles. The van der Waals surface area contributed by atoms with Crippen LogP contribution in [0.25, 0.3) is 0 Å². The van der Waals surface area contributed by atoms with Crippen LogP contribution in [0.4, 0.5) is 10.5 Å². The van der Waals surface area contributed by atoms with Crippen LogP contribution in [0.2, 0.25) is 0 Å². The molecule has 0 saturated carbocycles. The number of benzene rings is 1. The normalized spacial score (nSPS) is 18.4. The maximum Gasteiger partial charge on any atom is 0.316 e. The molecule has 102 valence electrons. The molecule has 1 aliphatic rings. The quantitative estimate of drug-likeness (QED) is 0.751. The number of aliphatic hydroxyl groups excluding tert-OH is 1. The number of anilines is 1. The number of rotatable bonds is 3. The molecule has 1 aromatic carbocycles. The van der Waals surface area contributed by atoms with Gasteiger partial charge in [-0.2, -0.15) is 0 Å². The van der Waals surface area contributed by atoms with E-state index in [2.05, 4.69) is 5.32 Å². The molecule has 3 amide bonds. The predicted octanol–water partition coefficient (Wildman–Crippen LogP) is 0.774. The Balaban J connectivity index is 2.09. The summed E-state index contributed by atoms with van der Waals surface area (Å²) >= 11 is 0. The second-order valence-corrected chi connectivity index (χ2v) is 4.54. The number of nitrogens with one attached hydrogen (secondary N) is 1. The Morgan fingerprint density at radius 2 is 2.05 bits per heavy atom. The molecule has 2 rings (SSSR count). The van der Waals surface area contributed by atoms with Gasteiger partial charge in [-0.15, -0.1) is 0 Å². The fraction of sp³-hybridized carbons (Fsp3) is 0.385. The lowest BCUT2D eigenvalue weighted by Crippen LogP contribution is -2.37. The summed E-state index contributed by atoms with van der Waals surface area (Å²) in [5.74, 6) is -0.0952. The van der Waals surface area contributed by atoms with Crippen LogP contribution in [0.15, 0.2) is 24.3 Å². The van der Waals surface area contributed by atoms with Gasteiger partial charge in [0.15, 0.2) is 0 Å². The standard InChI is InChI=1S/C13H17N3O3/c14-13(19)15-10-5-3-9(4-6-10)12(18)16-7-1-2-11(16)8-17/h3-6,11,17H,1-2,7-8H2,(H3,14,15,19)/t11-/m0/s1. The number of likely N-dealkylation sites (tertiary alicyclic amines) is 1. The van der Waals surface area contributed by atoms with Crippen molar-refractivity contribution in [3.8, 4) is 0 Å². The molecule has 1 saturated heterocycles. The monoisotopic (exact) mass is 263 g/mol. The fourth-order valence-electron chi connectivity index (χ4n) is 2.30. The first-order chi connectivity index (χ1) is 9.11. The van der Waals surface area contributed by atoms with Crippen molar-refractivity contribution in [2.24, 2.45) is 5.73 Å². The van der Waals surface area contributed by atoms with E-state index in [-0.39, 0.29) is 18.6 Å². The number of urea groups is 1. The van der Waals surface area contributed by atoms with E-state index in [1.807, 2.05) is 0 Å². The average Bonchev–Trinajstić information content (AvgIpc) is 2.86. The van der Waals surface area contributed by atoms with Crippen molar-refractivity contribution in [2.75, 3.05) is 18.5 Å². The highest BCUT2D eigenvalue weighted by molar-refractivity contribution is 5.95. The van der Waals surface area contributed by atoms with Gasteiger partial charge < -0.3 is 21.1 Å². The first-order valence-corrected chi connectivity index (χ1v) is 6.20. The molecule has 0 bridgehead atoms. The highest BCUT2D eigenvalue weighted by Gasteiger charge is 2.28. The van der Waals surface area contributed by atoms with Crippen molar-refractivity contribution in [1.29, 1.82) is 0 Å². The van der Waals surface area contributed by atoms with E-state index >= 15 is 0 Å². The molecule has 0 unspecified atom stereocenters. The van der Waals surface area contributed by atoms with Gasteiger partial charge in [-0.3, -0.25) is 4.79 Å². The molecule has 1 aliphatic heterocycles. The lowest BCUT2D eigenvalue weighted by atomic mass is 10.1. The second-order valence-electron chi connectivity index (χ2n) is 4.54. The molecule has 0 spiro atoms. The van der Waals surface area contributed by atoms with Gasteiger partial charge in [0.05, 0.1) is 12.6 Å². The van der Waals surface area contributed by atoms with Gasteiger partial charge in [-0.1, -0.05) is 0 Å². The van der Waals surface area contributed by atoms with Crippen LogP contribution in [0, 0.1) is 0 Å². The summed E-state index contributed by atoms with van der Waals surface area (Å²) < 4.78 is 0. The van der Waals surface area contributed by atoms with E-state index in [1.54, 1.807) is 29.2 Å². The molecule has 0 radical (unpaired) electrons. The second kappa shape index (κ2) is 5.71. The highest BCUT2D eigenvalue weighted by atomic mass is 16.3. The summed E-state index contributed by atoms with van der Waals surface area (Å²) in [7, 11) is 0. The van der Waals surface area contributed by atoms with E-state index in [0.717, 1.165) is 12.8 Å². The number of nitrogens with zero attached hydrogens (tertiary/aromatic N) is 1. The van der Waals surface area contributed by atoms with Crippen LogP contribution in [-0.4, -0.2) is 41.1 Å². The number of amides is 3. The van der Waals surface area contributed by atoms with Crippen molar-refractivity contribution in [3.05, 3.63) is 29.8 Å². The van der Waals surface area contributed by atoms with E-state index in [9.17, 15) is 14.7 Å². The zero-order chi connectivity index (χ0) is 13.8. The Morgan fingerprint density at radius 1 is 1.37 bits per heavy atom. The molecular weight excluding hydrogens is 246 g/mol. The minimum Gasteiger partial charge on any atom is -0.394 e. The number of carbonyl (C=O) groups excluding carboxylic acids is 2. The maximum atomic E-state index is 12.3. The third-order valence-electron chi connectivity index (χ3n) is 3.25. The van der Waals surface area contributed by atoms with Crippen molar-refractivity contribution in [2.45, 2.75) is 18.9 Å². The predicted molar refractivity (Wildman–Crippen MR) is 70.8 cm³/mol. The van der Waals surface area contributed by atoms with Crippen molar-refractivity contribution in [1.82, 2.24) is 4.90 Å². The fourth-order valence-corrected chi connectivity index (χ4v) is 2.30. The van der Waals surface area contributed by atoms with E-state index in [1.165, 1.54) is 0 Å². The van der Waals surface area contributed by atoms with Crippen molar-refractivity contribution >= 4 is 17.6 Å². The molecule has 1 atom stereocenters. The largest absolute Gasteiger partial charge is 0.394 e. The number of nitrogens with two attached hydrogens (primary N) is 1. The van der Waals surface area contributed by atoms with E-state index in [0.29, 0.717) is 17.8 Å². The van der Waals surface area contributed by atoms with Gasteiger partial charge in [0, 0.05) is 17.8 Å². The maximum absolute atomic E-state index is 12.3. The first-order valence-electron chi connectivity index (χ1n) is 6.20. The van der Waals surface area contributed by atoms with Gasteiger partial charge in [-0.25, -0.2) is 4.79 Å². The minimum atomic E-state index is -0.640. The number of hydrogen-bond donors (Lipinski definition) is 3. The average molecular weight is 263 g/mol. The summed E-state index contributed by atoms with van der Waals surface area (Å²) in [6.45, 7) is 0.665. The van der Waals surface area contributed by atoms with Gasteiger partial charge in [0.1, 0.15) is 0 Å². The van der Waals surface area contributed by atoms with Crippen LogP contribution in [0.3, 0.4) is 0 Å². The van der Waals surface area contributed by atoms with Crippen LogP contribution in [0.5, 0.6) is 0 Å². The summed E-state index contributed by atoms with van der Waals surface area (Å²) in [4.78, 5) is 24.6. The summed E-state index contributed by atoms with van der Waals surface area (Å²) in [6.07, 6.45) is 1.75. The Labute approximate surface area is 111 Å². The first kappa shape index (κ1) is 13.4. The SMILES string of the molecule is NC(=O)Nc1ccc(C(=O)N2CCC[C@H]2CO)cc1. The number of hydrogen-bond acceptors (Lipinski definition) is 3. The van der Waals surface area contributed by atoms with Gasteiger partial charge >= 0.3 is 6.03 Å². The highest BCUT2D eigenvalue weighted by Crippen LogP contribution is 2.20. The molecule has 6 heteroatoms. The van der Waals surface area contributed by atoms with Crippen LogP contribution in [-0.2, 0) is 0 Å². The Kier molecular flexibility index (Phi) is 4.01. The number of primary amides is 1. The summed E-state index contributed by atoms with van der Waals surface area (Å²) in [5.41, 5.74) is 6.09. The van der Waals surface area contributed by atoms with Gasteiger partial charge in [0.2, 0.25) is 0 Å². The molecule has 1 heterocycles. The van der Waals surface area contributed by atoms with Crippen LogP contribution in [0.1, 0.15) is 23.2 Å². The Hall–Kier alpha value is -2.08. The minimum absolute atomic E-state index is 0.00689. The van der Waals surface area contributed by atoms with Crippen LogP contribution >= 0.6 is 0 Å². The summed E-state index contributed by atoms with van der Waals surface area (Å²) in [6, 6.07) is 5.81. The molecule has 4 N–H and O–H groups in total.